The highest BCUT2D eigenvalue weighted by Gasteiger charge is 2.47. The zero-order valence-corrected chi connectivity index (χ0v) is 23.8. The minimum absolute atomic E-state index is 0.0712. The van der Waals surface area contributed by atoms with Crippen LogP contribution in [0.15, 0.2) is 66.2 Å². The predicted molar refractivity (Wildman–Crippen MR) is 155 cm³/mol. The number of anilines is 1. The normalized spacial score (nSPS) is 17.2. The average Bonchev–Trinajstić information content (AvgIpc) is 3.13. The van der Waals surface area contributed by atoms with Gasteiger partial charge in [0.05, 0.1) is 23.9 Å². The van der Waals surface area contributed by atoms with E-state index in [9.17, 15) is 19.8 Å². The number of benzene rings is 3. The van der Waals surface area contributed by atoms with Crippen LogP contribution in [-0.2, 0) is 15.0 Å². The zero-order valence-electron chi connectivity index (χ0n) is 23.1. The summed E-state index contributed by atoms with van der Waals surface area (Å²) in [5.41, 5.74) is 2.75. The number of carbonyl (C=O) groups is 2. The number of aromatic hydroxyl groups is 1. The molecule has 204 valence electrons. The van der Waals surface area contributed by atoms with Gasteiger partial charge in [0.25, 0.3) is 11.7 Å². The Morgan fingerprint density at radius 3 is 2.28 bits per heavy atom. The molecule has 7 heteroatoms. The molecule has 1 aliphatic heterocycles. The molecular formula is C32H34ClNO5. The van der Waals surface area contributed by atoms with Crippen LogP contribution in [0.3, 0.4) is 0 Å². The van der Waals surface area contributed by atoms with Crippen molar-refractivity contribution in [2.75, 3.05) is 11.5 Å². The summed E-state index contributed by atoms with van der Waals surface area (Å²) < 4.78 is 5.86. The monoisotopic (exact) mass is 547 g/mol. The molecule has 1 atom stereocenters. The molecule has 1 aliphatic rings. The van der Waals surface area contributed by atoms with E-state index in [4.69, 9.17) is 16.3 Å². The number of Topliss-reactive ketones (excluding diaryl/α,β-unsaturated/α-hetero) is 1. The molecule has 0 aromatic heterocycles. The van der Waals surface area contributed by atoms with Crippen molar-refractivity contribution in [1.29, 1.82) is 0 Å². The van der Waals surface area contributed by atoms with Crippen molar-refractivity contribution in [1.82, 2.24) is 0 Å². The quantitative estimate of drug-likeness (QED) is 0.192. The number of halogens is 1. The number of ether oxygens (including phenoxy) is 1. The van der Waals surface area contributed by atoms with E-state index >= 15 is 0 Å². The maximum Gasteiger partial charge on any atom is 0.300 e. The molecule has 0 spiro atoms. The molecular weight excluding hydrogens is 514 g/mol. The number of rotatable bonds is 6. The number of hydrogen-bond acceptors (Lipinski definition) is 5. The lowest BCUT2D eigenvalue weighted by atomic mass is 9.85. The van der Waals surface area contributed by atoms with Crippen LogP contribution in [0.2, 0.25) is 5.02 Å². The highest BCUT2D eigenvalue weighted by molar-refractivity contribution is 6.52. The SMILES string of the molecule is Cc1cc(/C(O)=C2\C(=O)C(=O)N(c3cc(Cl)ccc3O)C2c2ccc(C(C)(C)C)cc2)ccc1OCC(C)C. The fourth-order valence-corrected chi connectivity index (χ4v) is 4.79. The van der Waals surface area contributed by atoms with Gasteiger partial charge >= 0.3 is 0 Å². The molecule has 1 amide bonds. The summed E-state index contributed by atoms with van der Waals surface area (Å²) in [4.78, 5) is 28.1. The van der Waals surface area contributed by atoms with Gasteiger partial charge in [-0.15, -0.1) is 0 Å². The molecule has 0 aliphatic carbocycles. The first-order valence-corrected chi connectivity index (χ1v) is 13.3. The van der Waals surface area contributed by atoms with Crippen molar-refractivity contribution in [3.8, 4) is 11.5 Å². The number of nitrogens with zero attached hydrogens (tertiary/aromatic N) is 1. The molecule has 3 aromatic carbocycles. The van der Waals surface area contributed by atoms with Crippen LogP contribution in [0.25, 0.3) is 5.76 Å². The second kappa shape index (κ2) is 10.8. The molecule has 4 rings (SSSR count). The number of phenols is 1. The van der Waals surface area contributed by atoms with Gasteiger partial charge in [-0.1, -0.05) is 70.5 Å². The van der Waals surface area contributed by atoms with E-state index in [-0.39, 0.29) is 28.2 Å². The maximum atomic E-state index is 13.5. The van der Waals surface area contributed by atoms with Gasteiger partial charge in [0.15, 0.2) is 0 Å². The molecule has 1 saturated heterocycles. The average molecular weight is 548 g/mol. The van der Waals surface area contributed by atoms with Gasteiger partial charge in [0, 0.05) is 10.6 Å². The maximum absolute atomic E-state index is 13.5. The van der Waals surface area contributed by atoms with Gasteiger partial charge in [-0.2, -0.15) is 0 Å². The van der Waals surface area contributed by atoms with E-state index in [2.05, 4.69) is 34.6 Å². The van der Waals surface area contributed by atoms with E-state index in [1.807, 2.05) is 31.2 Å². The minimum Gasteiger partial charge on any atom is -0.507 e. The van der Waals surface area contributed by atoms with Gasteiger partial charge in [0.1, 0.15) is 17.3 Å². The van der Waals surface area contributed by atoms with Gasteiger partial charge in [0.2, 0.25) is 0 Å². The number of amides is 1. The zero-order chi connectivity index (χ0) is 28.6. The molecule has 6 nitrogen and oxygen atoms in total. The van der Waals surface area contributed by atoms with Gasteiger partial charge in [-0.3, -0.25) is 14.5 Å². The third-order valence-corrected chi connectivity index (χ3v) is 6.99. The smallest absolute Gasteiger partial charge is 0.300 e. The van der Waals surface area contributed by atoms with Crippen molar-refractivity contribution in [2.24, 2.45) is 5.92 Å². The van der Waals surface area contributed by atoms with Crippen LogP contribution in [0.5, 0.6) is 11.5 Å². The first-order valence-electron chi connectivity index (χ1n) is 12.9. The number of aliphatic hydroxyl groups is 1. The molecule has 39 heavy (non-hydrogen) atoms. The summed E-state index contributed by atoms with van der Waals surface area (Å²) in [5.74, 6) is -1.21. The first kappa shape index (κ1) is 28.2. The Labute approximate surface area is 234 Å². The van der Waals surface area contributed by atoms with E-state index in [1.165, 1.54) is 23.1 Å². The Kier molecular flexibility index (Phi) is 7.80. The van der Waals surface area contributed by atoms with Crippen molar-refractivity contribution < 1.29 is 24.5 Å². The van der Waals surface area contributed by atoms with Crippen molar-refractivity contribution in [3.05, 3.63) is 93.5 Å². The Morgan fingerprint density at radius 2 is 1.69 bits per heavy atom. The van der Waals surface area contributed by atoms with E-state index in [0.717, 1.165) is 11.1 Å². The number of ketones is 1. The van der Waals surface area contributed by atoms with E-state index in [0.29, 0.717) is 34.4 Å². The van der Waals surface area contributed by atoms with Gasteiger partial charge < -0.3 is 14.9 Å². The summed E-state index contributed by atoms with van der Waals surface area (Å²) in [6.45, 7) is 12.8. The second-order valence-corrected chi connectivity index (χ2v) is 11.8. The molecule has 1 unspecified atom stereocenters. The summed E-state index contributed by atoms with van der Waals surface area (Å²) in [5, 5.41) is 22.4. The highest BCUT2D eigenvalue weighted by Crippen LogP contribution is 2.46. The first-order chi connectivity index (χ1) is 18.3. The molecule has 0 saturated carbocycles. The predicted octanol–water partition coefficient (Wildman–Crippen LogP) is 7.31. The fourth-order valence-electron chi connectivity index (χ4n) is 4.62. The Bertz CT molecular complexity index is 1450. The summed E-state index contributed by atoms with van der Waals surface area (Å²) in [6.07, 6.45) is 0. The molecule has 1 heterocycles. The Morgan fingerprint density at radius 1 is 1.03 bits per heavy atom. The summed E-state index contributed by atoms with van der Waals surface area (Å²) in [6, 6.07) is 16.0. The van der Waals surface area contributed by atoms with Crippen LogP contribution in [0.1, 0.15) is 62.9 Å². The number of phenolic OH excluding ortho intramolecular Hbond substituents is 1. The van der Waals surface area contributed by atoms with Crippen LogP contribution < -0.4 is 9.64 Å². The summed E-state index contributed by atoms with van der Waals surface area (Å²) in [7, 11) is 0. The van der Waals surface area contributed by atoms with Gasteiger partial charge in [-0.25, -0.2) is 0 Å². The molecule has 1 fully saturated rings. The third-order valence-electron chi connectivity index (χ3n) is 6.75. The Hall–Kier alpha value is -3.77. The number of hydrogen-bond donors (Lipinski definition) is 2. The number of aliphatic hydroxyl groups excluding tert-OH is 1. The Balaban J connectivity index is 1.89. The fraction of sp³-hybridized carbons (Fsp3) is 0.312. The van der Waals surface area contributed by atoms with Crippen LogP contribution in [-0.4, -0.2) is 28.5 Å². The highest BCUT2D eigenvalue weighted by atomic mass is 35.5. The number of aryl methyl sites for hydroxylation is 1. The van der Waals surface area contributed by atoms with Crippen molar-refractivity contribution in [2.45, 2.75) is 53.0 Å². The largest absolute Gasteiger partial charge is 0.507 e. The minimum atomic E-state index is -0.986. The molecule has 2 N–H and O–H groups in total. The third kappa shape index (κ3) is 5.66. The van der Waals surface area contributed by atoms with E-state index in [1.54, 1.807) is 18.2 Å². The lowest BCUT2D eigenvalue weighted by Crippen LogP contribution is -2.29. The summed E-state index contributed by atoms with van der Waals surface area (Å²) >= 11 is 6.21. The lowest BCUT2D eigenvalue weighted by molar-refractivity contribution is -0.132. The lowest BCUT2D eigenvalue weighted by Gasteiger charge is -2.27. The topological polar surface area (TPSA) is 87.1 Å². The van der Waals surface area contributed by atoms with Crippen LogP contribution >= 0.6 is 11.6 Å². The van der Waals surface area contributed by atoms with E-state index < -0.39 is 17.7 Å². The molecule has 0 radical (unpaired) electrons. The molecule has 3 aromatic rings. The van der Waals surface area contributed by atoms with Crippen LogP contribution in [0, 0.1) is 12.8 Å². The van der Waals surface area contributed by atoms with Crippen LogP contribution in [0.4, 0.5) is 5.69 Å². The van der Waals surface area contributed by atoms with Gasteiger partial charge in [-0.05, 0) is 71.3 Å². The van der Waals surface area contributed by atoms with Crippen molar-refractivity contribution >= 4 is 34.7 Å². The number of carbonyl (C=O) groups excluding carboxylic acids is 2. The van der Waals surface area contributed by atoms with Crippen molar-refractivity contribution in [3.63, 3.8) is 0 Å². The second-order valence-electron chi connectivity index (χ2n) is 11.4. The molecule has 0 bridgehead atoms. The standard InChI is InChI=1S/C32H34ClNO5/c1-18(2)17-39-26-14-9-21(15-19(26)3)29(36)27-28(20-7-10-22(11-8-20)32(4,5)6)34(31(38)30(27)37)24-16-23(33)12-13-25(24)35/h7-16,18,28,35-36H,17H2,1-6H3/b29-27+.